The minimum Gasteiger partial charge on any atom is -0.478 e. The molecule has 6 heteroatoms. The fraction of sp³-hybridized carbons (Fsp3) is 0.200. The number of aromatic carboxylic acids is 1. The zero-order valence-corrected chi connectivity index (χ0v) is 12.5. The van der Waals surface area contributed by atoms with E-state index in [0.29, 0.717) is 17.6 Å². The molecule has 0 atom stereocenters. The average molecular weight is 302 g/mol. The second-order valence-electron chi connectivity index (χ2n) is 4.97. The van der Waals surface area contributed by atoms with E-state index in [2.05, 4.69) is 11.1 Å². The molecule has 2 aromatic heterocycles. The standard InChI is InChI=1S/C15H14N2O3S/c1-8-6-10(21-9(8)2)7-17-12-5-3-4-11(14(18)19)13(12)16-15(17)20/h3-6H,7H2,1-2H3,(H,16,20)(H,18,19). The van der Waals surface area contributed by atoms with Gasteiger partial charge >= 0.3 is 11.7 Å². The first kappa shape index (κ1) is 13.6. The number of hydrogen-bond acceptors (Lipinski definition) is 3. The van der Waals surface area contributed by atoms with Gasteiger partial charge < -0.3 is 10.1 Å². The topological polar surface area (TPSA) is 75.1 Å². The fourth-order valence-electron chi connectivity index (χ4n) is 2.40. The summed E-state index contributed by atoms with van der Waals surface area (Å²) in [5.74, 6) is -1.04. The Bertz CT molecular complexity index is 882. The second kappa shape index (κ2) is 4.89. The van der Waals surface area contributed by atoms with Crippen LogP contribution in [-0.4, -0.2) is 20.6 Å². The highest BCUT2D eigenvalue weighted by molar-refractivity contribution is 7.12. The van der Waals surface area contributed by atoms with E-state index in [1.807, 2.05) is 13.8 Å². The normalized spacial score (nSPS) is 11.1. The van der Waals surface area contributed by atoms with Gasteiger partial charge in [0.2, 0.25) is 0 Å². The first-order valence-electron chi connectivity index (χ1n) is 6.48. The molecule has 108 valence electrons. The Morgan fingerprint density at radius 2 is 2.14 bits per heavy atom. The molecule has 0 fully saturated rings. The van der Waals surface area contributed by atoms with Crippen molar-refractivity contribution < 1.29 is 9.90 Å². The number of nitrogens with one attached hydrogen (secondary N) is 1. The summed E-state index contributed by atoms with van der Waals surface area (Å²) in [5, 5.41) is 9.18. The van der Waals surface area contributed by atoms with Gasteiger partial charge in [-0.25, -0.2) is 9.59 Å². The number of hydrogen-bond donors (Lipinski definition) is 2. The third-order valence-corrected chi connectivity index (χ3v) is 4.71. The summed E-state index contributed by atoms with van der Waals surface area (Å²) < 4.78 is 1.58. The molecule has 5 nitrogen and oxygen atoms in total. The third kappa shape index (κ3) is 2.27. The van der Waals surface area contributed by atoms with Crippen molar-refractivity contribution in [1.29, 1.82) is 0 Å². The van der Waals surface area contributed by atoms with Gasteiger partial charge in [-0.2, -0.15) is 0 Å². The van der Waals surface area contributed by atoms with Crippen LogP contribution in [0.1, 0.15) is 25.7 Å². The Kier molecular flexibility index (Phi) is 3.17. The Labute approximate surface area is 124 Å². The highest BCUT2D eigenvalue weighted by Crippen LogP contribution is 2.23. The number of thiophene rings is 1. The number of nitrogens with zero attached hydrogens (tertiary/aromatic N) is 1. The molecule has 0 saturated heterocycles. The minimum absolute atomic E-state index is 0.113. The number of aryl methyl sites for hydroxylation is 2. The number of carboxylic acid groups (broad SMARTS) is 1. The number of carbonyl (C=O) groups is 1. The predicted molar refractivity (Wildman–Crippen MR) is 82.4 cm³/mol. The Balaban J connectivity index is 2.15. The summed E-state index contributed by atoms with van der Waals surface area (Å²) in [7, 11) is 0. The van der Waals surface area contributed by atoms with Gasteiger partial charge in [0.25, 0.3) is 0 Å². The van der Waals surface area contributed by atoms with Gasteiger partial charge in [-0.3, -0.25) is 4.57 Å². The molecule has 0 unspecified atom stereocenters. The maximum Gasteiger partial charge on any atom is 0.337 e. The molecule has 3 aromatic rings. The summed E-state index contributed by atoms with van der Waals surface area (Å²) in [6, 6.07) is 6.96. The number of carboxylic acids is 1. The monoisotopic (exact) mass is 302 g/mol. The lowest BCUT2D eigenvalue weighted by atomic mass is 10.2. The lowest BCUT2D eigenvalue weighted by molar-refractivity contribution is 0.0699. The minimum atomic E-state index is -1.04. The predicted octanol–water partition coefficient (Wildman–Crippen LogP) is 2.75. The summed E-state index contributed by atoms with van der Waals surface area (Å²) in [5.41, 5.74) is 2.02. The number of rotatable bonds is 3. The Morgan fingerprint density at radius 1 is 1.38 bits per heavy atom. The van der Waals surface area contributed by atoms with Crippen LogP contribution in [0.3, 0.4) is 0 Å². The highest BCUT2D eigenvalue weighted by atomic mass is 32.1. The molecule has 2 N–H and O–H groups in total. The number of para-hydroxylation sites is 1. The van der Waals surface area contributed by atoms with Gasteiger partial charge in [-0.15, -0.1) is 11.3 Å². The van der Waals surface area contributed by atoms with Crippen molar-refractivity contribution in [3.05, 3.63) is 55.6 Å². The van der Waals surface area contributed by atoms with Crippen molar-refractivity contribution in [3.63, 3.8) is 0 Å². The number of H-pyrrole nitrogens is 1. The van der Waals surface area contributed by atoms with Crippen LogP contribution in [0.15, 0.2) is 29.1 Å². The Morgan fingerprint density at radius 3 is 2.76 bits per heavy atom. The van der Waals surface area contributed by atoms with E-state index >= 15 is 0 Å². The van der Waals surface area contributed by atoms with Gasteiger partial charge in [0.15, 0.2) is 0 Å². The van der Waals surface area contributed by atoms with E-state index in [1.54, 1.807) is 28.0 Å². The number of aromatic amines is 1. The molecule has 0 saturated carbocycles. The maximum absolute atomic E-state index is 12.1. The van der Waals surface area contributed by atoms with E-state index in [-0.39, 0.29) is 11.3 Å². The molecule has 0 aliphatic heterocycles. The molecule has 3 rings (SSSR count). The van der Waals surface area contributed by atoms with E-state index in [1.165, 1.54) is 16.5 Å². The third-order valence-electron chi connectivity index (χ3n) is 3.57. The molecule has 0 aliphatic rings. The van der Waals surface area contributed by atoms with Crippen molar-refractivity contribution in [3.8, 4) is 0 Å². The van der Waals surface area contributed by atoms with Gasteiger partial charge in [0, 0.05) is 9.75 Å². The summed E-state index contributed by atoms with van der Waals surface area (Å²) >= 11 is 1.65. The van der Waals surface area contributed by atoms with Crippen LogP contribution in [0.5, 0.6) is 0 Å². The molecule has 0 aliphatic carbocycles. The van der Waals surface area contributed by atoms with Crippen molar-refractivity contribution in [1.82, 2.24) is 9.55 Å². The number of benzene rings is 1. The van der Waals surface area contributed by atoms with Gasteiger partial charge in [0.1, 0.15) is 0 Å². The summed E-state index contributed by atoms with van der Waals surface area (Å²) in [6.45, 7) is 4.53. The van der Waals surface area contributed by atoms with E-state index in [9.17, 15) is 14.7 Å². The summed E-state index contributed by atoms with van der Waals surface area (Å²) in [6.07, 6.45) is 0. The van der Waals surface area contributed by atoms with Crippen LogP contribution >= 0.6 is 11.3 Å². The van der Waals surface area contributed by atoms with Gasteiger partial charge in [-0.1, -0.05) is 6.07 Å². The smallest absolute Gasteiger partial charge is 0.337 e. The van der Waals surface area contributed by atoms with Crippen molar-refractivity contribution >= 4 is 28.3 Å². The zero-order valence-electron chi connectivity index (χ0n) is 11.6. The van der Waals surface area contributed by atoms with Crippen molar-refractivity contribution in [2.24, 2.45) is 0 Å². The molecule has 0 radical (unpaired) electrons. The Hall–Kier alpha value is -2.34. The van der Waals surface area contributed by atoms with E-state index < -0.39 is 5.97 Å². The molecule has 0 amide bonds. The molecule has 2 heterocycles. The van der Waals surface area contributed by atoms with Crippen LogP contribution < -0.4 is 5.69 Å². The van der Waals surface area contributed by atoms with Gasteiger partial charge in [0.05, 0.1) is 23.1 Å². The van der Waals surface area contributed by atoms with Crippen LogP contribution in [-0.2, 0) is 6.54 Å². The van der Waals surface area contributed by atoms with E-state index in [0.717, 1.165) is 4.88 Å². The number of aromatic nitrogens is 2. The van der Waals surface area contributed by atoms with Crippen LogP contribution in [0, 0.1) is 13.8 Å². The first-order valence-corrected chi connectivity index (χ1v) is 7.29. The molecule has 1 aromatic carbocycles. The second-order valence-corrected chi connectivity index (χ2v) is 6.31. The lowest BCUT2D eigenvalue weighted by Crippen LogP contribution is -2.16. The van der Waals surface area contributed by atoms with Crippen LogP contribution in [0.4, 0.5) is 0 Å². The molecule has 0 bridgehead atoms. The SMILES string of the molecule is Cc1cc(Cn2c(=O)[nH]c3c(C(=O)O)cccc32)sc1C. The lowest BCUT2D eigenvalue weighted by Gasteiger charge is -2.02. The largest absolute Gasteiger partial charge is 0.478 e. The average Bonchev–Trinajstić information content (AvgIpc) is 2.90. The van der Waals surface area contributed by atoms with E-state index in [4.69, 9.17) is 0 Å². The number of imidazole rings is 1. The number of fused-ring (bicyclic) bond motifs is 1. The first-order chi connectivity index (χ1) is 9.97. The summed E-state index contributed by atoms with van der Waals surface area (Å²) in [4.78, 5) is 28.3. The molecule has 0 spiro atoms. The maximum atomic E-state index is 12.1. The van der Waals surface area contributed by atoms with Crippen LogP contribution in [0.2, 0.25) is 0 Å². The fourth-order valence-corrected chi connectivity index (χ4v) is 3.44. The van der Waals surface area contributed by atoms with Crippen molar-refractivity contribution in [2.45, 2.75) is 20.4 Å². The highest BCUT2D eigenvalue weighted by Gasteiger charge is 2.15. The quantitative estimate of drug-likeness (QED) is 0.781. The molecular weight excluding hydrogens is 288 g/mol. The van der Waals surface area contributed by atoms with Crippen molar-refractivity contribution in [2.75, 3.05) is 0 Å². The molecular formula is C15H14N2O3S. The van der Waals surface area contributed by atoms with Crippen LogP contribution in [0.25, 0.3) is 11.0 Å². The zero-order chi connectivity index (χ0) is 15.1. The van der Waals surface area contributed by atoms with Gasteiger partial charge in [-0.05, 0) is 37.6 Å². The molecule has 21 heavy (non-hydrogen) atoms.